The number of Topliss-reactive ketones (excluding diaryl/α,β-unsaturated/α-hetero) is 1. The van der Waals surface area contributed by atoms with Crippen LogP contribution in [0.5, 0.6) is 5.75 Å². The van der Waals surface area contributed by atoms with Crippen LogP contribution in [0.15, 0.2) is 52.5 Å². The van der Waals surface area contributed by atoms with Gasteiger partial charge in [0, 0.05) is 20.3 Å². The van der Waals surface area contributed by atoms with E-state index in [-0.39, 0.29) is 16.4 Å². The van der Waals surface area contributed by atoms with Crippen molar-refractivity contribution in [2.75, 3.05) is 27.0 Å². The number of ketones is 1. The van der Waals surface area contributed by atoms with E-state index in [1.807, 2.05) is 0 Å². The van der Waals surface area contributed by atoms with Crippen LogP contribution in [0.2, 0.25) is 0 Å². The van der Waals surface area contributed by atoms with Crippen molar-refractivity contribution in [1.82, 2.24) is 9.29 Å². The normalized spacial score (nSPS) is 11.5. The standard InChI is InChI=1S/C16H18N2O4S2/c1-18(2)24(20,21)12-8-9-16(17-10-12)23-11-14(19)13-6-4-5-7-15(13)22-3/h4-10H,11H2,1-3H3. The largest absolute Gasteiger partial charge is 0.496 e. The molecule has 2 rings (SSSR count). The van der Waals surface area contributed by atoms with Gasteiger partial charge in [-0.3, -0.25) is 4.79 Å². The van der Waals surface area contributed by atoms with Gasteiger partial charge in [0.25, 0.3) is 0 Å². The first-order valence-electron chi connectivity index (χ1n) is 7.04. The van der Waals surface area contributed by atoms with Crippen molar-refractivity contribution in [3.8, 4) is 5.75 Å². The quantitative estimate of drug-likeness (QED) is 0.553. The number of para-hydroxylation sites is 1. The molecule has 0 unspecified atom stereocenters. The second-order valence-corrected chi connectivity index (χ2v) is 8.18. The fourth-order valence-corrected chi connectivity index (χ4v) is 3.48. The summed E-state index contributed by atoms with van der Waals surface area (Å²) in [6, 6.07) is 10.1. The monoisotopic (exact) mass is 366 g/mol. The molecule has 0 aliphatic heterocycles. The number of pyridine rings is 1. The molecule has 0 saturated heterocycles. The Morgan fingerprint density at radius 1 is 1.21 bits per heavy atom. The zero-order valence-corrected chi connectivity index (χ0v) is 15.2. The van der Waals surface area contributed by atoms with Gasteiger partial charge in [-0.25, -0.2) is 17.7 Å². The molecule has 6 nitrogen and oxygen atoms in total. The third kappa shape index (κ3) is 4.14. The zero-order valence-electron chi connectivity index (χ0n) is 13.6. The number of carbonyl (C=O) groups is 1. The maximum atomic E-state index is 12.3. The number of nitrogens with zero attached hydrogens (tertiary/aromatic N) is 2. The average Bonchev–Trinajstić information content (AvgIpc) is 2.59. The summed E-state index contributed by atoms with van der Waals surface area (Å²) >= 11 is 1.25. The lowest BCUT2D eigenvalue weighted by Crippen LogP contribution is -2.22. The Balaban J connectivity index is 2.06. The number of ether oxygens (including phenoxy) is 1. The highest BCUT2D eigenvalue weighted by Gasteiger charge is 2.18. The van der Waals surface area contributed by atoms with Crippen LogP contribution in [0.4, 0.5) is 0 Å². The first-order valence-corrected chi connectivity index (χ1v) is 9.46. The van der Waals surface area contributed by atoms with Gasteiger partial charge in [0.2, 0.25) is 10.0 Å². The molecule has 1 heterocycles. The van der Waals surface area contributed by atoms with Gasteiger partial charge in [-0.1, -0.05) is 23.9 Å². The number of sulfonamides is 1. The van der Waals surface area contributed by atoms with E-state index in [2.05, 4.69) is 4.98 Å². The van der Waals surface area contributed by atoms with Crippen LogP contribution >= 0.6 is 11.8 Å². The second-order valence-electron chi connectivity index (χ2n) is 5.03. The molecule has 0 atom stereocenters. The van der Waals surface area contributed by atoms with Crippen LogP contribution in [0.25, 0.3) is 0 Å². The minimum atomic E-state index is -3.50. The lowest BCUT2D eigenvalue weighted by Gasteiger charge is -2.11. The Kier molecular flexibility index (Phi) is 5.98. The Bertz CT molecular complexity index is 818. The highest BCUT2D eigenvalue weighted by molar-refractivity contribution is 7.99. The first kappa shape index (κ1) is 18.4. The van der Waals surface area contributed by atoms with Gasteiger partial charge < -0.3 is 4.74 Å². The van der Waals surface area contributed by atoms with Crippen molar-refractivity contribution < 1.29 is 17.9 Å². The smallest absolute Gasteiger partial charge is 0.244 e. The van der Waals surface area contributed by atoms with Gasteiger partial charge in [-0.05, 0) is 24.3 Å². The fraction of sp³-hybridized carbons (Fsp3) is 0.250. The minimum Gasteiger partial charge on any atom is -0.496 e. The van der Waals surface area contributed by atoms with Crippen LogP contribution < -0.4 is 4.74 Å². The minimum absolute atomic E-state index is 0.0794. The van der Waals surface area contributed by atoms with Gasteiger partial charge in [-0.2, -0.15) is 0 Å². The Morgan fingerprint density at radius 2 is 1.92 bits per heavy atom. The van der Waals surface area contributed by atoms with E-state index < -0.39 is 10.0 Å². The zero-order chi connectivity index (χ0) is 17.7. The van der Waals surface area contributed by atoms with Gasteiger partial charge in [0.05, 0.1) is 23.5 Å². The van der Waals surface area contributed by atoms with Gasteiger partial charge in [0.1, 0.15) is 10.6 Å². The van der Waals surface area contributed by atoms with Crippen molar-refractivity contribution in [2.24, 2.45) is 0 Å². The van der Waals surface area contributed by atoms with E-state index in [0.717, 1.165) is 4.31 Å². The van der Waals surface area contributed by atoms with Crippen LogP contribution in [0, 0.1) is 0 Å². The molecule has 0 bridgehead atoms. The summed E-state index contributed by atoms with van der Waals surface area (Å²) < 4.78 is 30.3. The van der Waals surface area contributed by atoms with Gasteiger partial charge in [-0.15, -0.1) is 0 Å². The summed E-state index contributed by atoms with van der Waals surface area (Å²) in [4.78, 5) is 16.5. The maximum absolute atomic E-state index is 12.3. The Labute approximate surface area is 145 Å². The molecule has 0 spiro atoms. The van der Waals surface area contributed by atoms with E-state index in [1.54, 1.807) is 30.3 Å². The molecule has 0 saturated carbocycles. The number of aromatic nitrogens is 1. The first-order chi connectivity index (χ1) is 11.4. The summed E-state index contributed by atoms with van der Waals surface area (Å²) in [6.07, 6.45) is 1.30. The number of hydrogen-bond acceptors (Lipinski definition) is 6. The van der Waals surface area contributed by atoms with Crippen molar-refractivity contribution in [2.45, 2.75) is 9.92 Å². The number of thioether (sulfide) groups is 1. The molecular weight excluding hydrogens is 348 g/mol. The predicted molar refractivity (Wildman–Crippen MR) is 93.2 cm³/mol. The number of carbonyl (C=O) groups excluding carboxylic acids is 1. The maximum Gasteiger partial charge on any atom is 0.244 e. The Morgan fingerprint density at radius 3 is 2.50 bits per heavy atom. The number of methoxy groups -OCH3 is 1. The number of rotatable bonds is 7. The third-order valence-electron chi connectivity index (χ3n) is 3.25. The summed E-state index contributed by atoms with van der Waals surface area (Å²) in [6.45, 7) is 0. The molecule has 24 heavy (non-hydrogen) atoms. The van der Waals surface area contributed by atoms with E-state index in [0.29, 0.717) is 16.3 Å². The van der Waals surface area contributed by atoms with Crippen LogP contribution in [-0.2, 0) is 10.0 Å². The van der Waals surface area contributed by atoms with E-state index >= 15 is 0 Å². The molecule has 1 aromatic heterocycles. The van der Waals surface area contributed by atoms with Gasteiger partial charge >= 0.3 is 0 Å². The van der Waals surface area contributed by atoms with E-state index in [9.17, 15) is 13.2 Å². The van der Waals surface area contributed by atoms with Crippen LogP contribution in [0.1, 0.15) is 10.4 Å². The molecule has 0 N–H and O–H groups in total. The van der Waals surface area contributed by atoms with Crippen molar-refractivity contribution in [3.05, 3.63) is 48.2 Å². The summed E-state index contributed by atoms with van der Waals surface area (Å²) in [5.41, 5.74) is 0.513. The molecule has 0 fully saturated rings. The highest BCUT2D eigenvalue weighted by Crippen LogP contribution is 2.23. The molecule has 0 aliphatic rings. The molecule has 0 aliphatic carbocycles. The molecule has 0 radical (unpaired) electrons. The third-order valence-corrected chi connectivity index (χ3v) is 5.99. The predicted octanol–water partition coefficient (Wildman–Crippen LogP) is 2.32. The lowest BCUT2D eigenvalue weighted by molar-refractivity contribution is 0.101. The molecular formula is C16H18N2O4S2. The van der Waals surface area contributed by atoms with Crippen LogP contribution in [0.3, 0.4) is 0 Å². The lowest BCUT2D eigenvalue weighted by atomic mass is 10.1. The highest BCUT2D eigenvalue weighted by atomic mass is 32.2. The van der Waals surface area contributed by atoms with Crippen molar-refractivity contribution in [3.63, 3.8) is 0 Å². The van der Waals surface area contributed by atoms with E-state index in [1.165, 1.54) is 45.2 Å². The van der Waals surface area contributed by atoms with Gasteiger partial charge in [0.15, 0.2) is 5.78 Å². The summed E-state index contributed by atoms with van der Waals surface area (Å²) in [5.74, 6) is 0.639. The van der Waals surface area contributed by atoms with Crippen molar-refractivity contribution >= 4 is 27.6 Å². The molecule has 1 aromatic carbocycles. The topological polar surface area (TPSA) is 76.6 Å². The number of hydrogen-bond donors (Lipinski definition) is 0. The Hall–Kier alpha value is -1.90. The number of benzene rings is 1. The fourth-order valence-electron chi connectivity index (χ4n) is 1.91. The average molecular weight is 366 g/mol. The molecule has 0 amide bonds. The molecule has 2 aromatic rings. The van der Waals surface area contributed by atoms with Crippen molar-refractivity contribution in [1.29, 1.82) is 0 Å². The van der Waals surface area contributed by atoms with Crippen LogP contribution in [-0.4, -0.2) is 50.4 Å². The SMILES string of the molecule is COc1ccccc1C(=O)CSc1ccc(S(=O)(=O)N(C)C)cn1. The van der Waals surface area contributed by atoms with E-state index in [4.69, 9.17) is 4.74 Å². The molecule has 128 valence electrons. The summed E-state index contributed by atoms with van der Waals surface area (Å²) in [7, 11) is 0.944. The molecule has 8 heteroatoms. The second kappa shape index (κ2) is 7.78. The summed E-state index contributed by atoms with van der Waals surface area (Å²) in [5, 5.41) is 0.580.